The van der Waals surface area contributed by atoms with E-state index < -0.39 is 4.92 Å². The molecule has 0 aliphatic heterocycles. The first-order valence-electron chi connectivity index (χ1n) is 6.40. The lowest BCUT2D eigenvalue weighted by atomic mass is 10.2. The molecule has 0 fully saturated rings. The standard InChI is InChI=1S/C13H16IN3O4/c1-3-15-12(18)8-16(4-2)13(19)10-6-5-9(17(20)21)7-11(10)14/h5-7H,3-4,8H2,1-2H3,(H,15,18). The summed E-state index contributed by atoms with van der Waals surface area (Å²) < 4.78 is 0.487. The van der Waals surface area contributed by atoms with E-state index in [2.05, 4.69) is 5.32 Å². The van der Waals surface area contributed by atoms with Gasteiger partial charge in [-0.1, -0.05) is 0 Å². The molecule has 0 saturated heterocycles. The van der Waals surface area contributed by atoms with Gasteiger partial charge in [-0.3, -0.25) is 19.7 Å². The molecule has 0 spiro atoms. The zero-order chi connectivity index (χ0) is 16.0. The number of nitrogens with zero attached hydrogens (tertiary/aromatic N) is 2. The fourth-order valence-electron chi connectivity index (χ4n) is 1.72. The van der Waals surface area contributed by atoms with Crippen LogP contribution in [0.1, 0.15) is 24.2 Å². The number of hydrogen-bond acceptors (Lipinski definition) is 4. The van der Waals surface area contributed by atoms with E-state index >= 15 is 0 Å². The summed E-state index contributed by atoms with van der Waals surface area (Å²) in [7, 11) is 0. The third-order valence-corrected chi connectivity index (χ3v) is 3.66. The number of carbonyl (C=O) groups excluding carboxylic acids is 2. The second-order valence-electron chi connectivity index (χ2n) is 4.19. The van der Waals surface area contributed by atoms with E-state index in [1.807, 2.05) is 22.6 Å². The number of nitrogens with one attached hydrogen (secondary N) is 1. The van der Waals surface area contributed by atoms with Crippen LogP contribution in [0.5, 0.6) is 0 Å². The summed E-state index contributed by atoms with van der Waals surface area (Å²) in [5.74, 6) is -0.548. The summed E-state index contributed by atoms with van der Waals surface area (Å²) in [6, 6.07) is 4.05. The Morgan fingerprint density at radius 3 is 2.52 bits per heavy atom. The van der Waals surface area contributed by atoms with Gasteiger partial charge >= 0.3 is 0 Å². The number of hydrogen-bond donors (Lipinski definition) is 1. The van der Waals surface area contributed by atoms with Crippen molar-refractivity contribution in [2.24, 2.45) is 0 Å². The molecule has 0 bridgehead atoms. The SMILES string of the molecule is CCNC(=O)CN(CC)C(=O)c1ccc([N+](=O)[O-])cc1I. The fraction of sp³-hybridized carbons (Fsp3) is 0.385. The Kier molecular flexibility index (Phi) is 6.53. The summed E-state index contributed by atoms with van der Waals surface area (Å²) in [5, 5.41) is 13.3. The predicted molar refractivity (Wildman–Crippen MR) is 86.1 cm³/mol. The van der Waals surface area contributed by atoms with Crippen LogP contribution in [0, 0.1) is 13.7 Å². The summed E-state index contributed by atoms with van der Waals surface area (Å²) in [6.07, 6.45) is 0. The minimum Gasteiger partial charge on any atom is -0.355 e. The Morgan fingerprint density at radius 2 is 2.05 bits per heavy atom. The Morgan fingerprint density at radius 1 is 1.38 bits per heavy atom. The molecular weight excluding hydrogens is 389 g/mol. The van der Waals surface area contributed by atoms with Gasteiger partial charge in [0, 0.05) is 28.8 Å². The highest BCUT2D eigenvalue weighted by atomic mass is 127. The molecule has 1 aromatic carbocycles. The number of likely N-dealkylation sites (N-methyl/N-ethyl adjacent to an activating group) is 2. The van der Waals surface area contributed by atoms with Crippen LogP contribution in [0.2, 0.25) is 0 Å². The molecule has 0 unspecified atom stereocenters. The molecule has 0 heterocycles. The first-order chi connectivity index (χ1) is 9.90. The molecule has 7 nitrogen and oxygen atoms in total. The monoisotopic (exact) mass is 405 g/mol. The molecule has 0 aromatic heterocycles. The average Bonchev–Trinajstić information content (AvgIpc) is 2.44. The third-order valence-electron chi connectivity index (χ3n) is 2.77. The van der Waals surface area contributed by atoms with E-state index in [4.69, 9.17) is 0 Å². The molecule has 2 amide bonds. The topological polar surface area (TPSA) is 92.6 Å². The molecule has 1 N–H and O–H groups in total. The van der Waals surface area contributed by atoms with Crippen LogP contribution in [-0.2, 0) is 4.79 Å². The van der Waals surface area contributed by atoms with Gasteiger partial charge in [0.05, 0.1) is 17.0 Å². The largest absolute Gasteiger partial charge is 0.355 e. The maximum Gasteiger partial charge on any atom is 0.270 e. The van der Waals surface area contributed by atoms with Gasteiger partial charge in [-0.05, 0) is 42.5 Å². The van der Waals surface area contributed by atoms with Crippen molar-refractivity contribution in [3.63, 3.8) is 0 Å². The van der Waals surface area contributed by atoms with Crippen molar-refractivity contribution in [1.29, 1.82) is 0 Å². The Labute approximate surface area is 136 Å². The molecule has 0 atom stereocenters. The number of carbonyl (C=O) groups is 2. The number of non-ortho nitro benzene ring substituents is 1. The van der Waals surface area contributed by atoms with Crippen LogP contribution in [-0.4, -0.2) is 41.3 Å². The zero-order valence-electron chi connectivity index (χ0n) is 11.8. The van der Waals surface area contributed by atoms with Crippen molar-refractivity contribution in [1.82, 2.24) is 10.2 Å². The van der Waals surface area contributed by atoms with Crippen LogP contribution in [0.15, 0.2) is 18.2 Å². The smallest absolute Gasteiger partial charge is 0.270 e. The number of nitro groups is 1. The normalized spacial score (nSPS) is 10.0. The van der Waals surface area contributed by atoms with Crippen molar-refractivity contribution in [2.45, 2.75) is 13.8 Å². The van der Waals surface area contributed by atoms with Gasteiger partial charge in [0.15, 0.2) is 0 Å². The first kappa shape index (κ1) is 17.3. The average molecular weight is 405 g/mol. The minimum absolute atomic E-state index is 0.0315. The first-order valence-corrected chi connectivity index (χ1v) is 7.48. The van der Waals surface area contributed by atoms with E-state index in [9.17, 15) is 19.7 Å². The number of benzene rings is 1. The highest BCUT2D eigenvalue weighted by Crippen LogP contribution is 2.21. The van der Waals surface area contributed by atoms with Gasteiger partial charge in [0.2, 0.25) is 5.91 Å². The second-order valence-corrected chi connectivity index (χ2v) is 5.36. The molecule has 1 rings (SSSR count). The van der Waals surface area contributed by atoms with Crippen molar-refractivity contribution in [3.05, 3.63) is 37.4 Å². The summed E-state index contributed by atoms with van der Waals surface area (Å²) in [4.78, 5) is 35.6. The van der Waals surface area contributed by atoms with E-state index in [0.29, 0.717) is 22.2 Å². The summed E-state index contributed by atoms with van der Waals surface area (Å²) in [5.41, 5.74) is 0.287. The van der Waals surface area contributed by atoms with Crippen LogP contribution >= 0.6 is 22.6 Å². The van der Waals surface area contributed by atoms with E-state index in [0.717, 1.165) is 0 Å². The van der Waals surface area contributed by atoms with Gasteiger partial charge in [-0.2, -0.15) is 0 Å². The predicted octanol–water partition coefficient (Wildman–Crippen LogP) is 1.80. The van der Waals surface area contributed by atoms with Gasteiger partial charge < -0.3 is 10.2 Å². The van der Waals surface area contributed by atoms with Crippen LogP contribution in [0.25, 0.3) is 0 Å². The zero-order valence-corrected chi connectivity index (χ0v) is 13.9. The van der Waals surface area contributed by atoms with Crippen molar-refractivity contribution in [2.75, 3.05) is 19.6 Å². The number of amides is 2. The highest BCUT2D eigenvalue weighted by Gasteiger charge is 2.20. The van der Waals surface area contributed by atoms with Crippen LogP contribution in [0.4, 0.5) is 5.69 Å². The Bertz CT molecular complexity index is 562. The van der Waals surface area contributed by atoms with E-state index in [1.54, 1.807) is 13.8 Å². The Balaban J connectivity index is 2.95. The molecule has 0 radical (unpaired) electrons. The summed E-state index contributed by atoms with van der Waals surface area (Å²) in [6.45, 7) is 4.42. The molecule has 114 valence electrons. The molecule has 0 aliphatic rings. The maximum absolute atomic E-state index is 12.4. The van der Waals surface area contributed by atoms with Gasteiger partial charge in [0.25, 0.3) is 11.6 Å². The lowest BCUT2D eigenvalue weighted by Gasteiger charge is -2.20. The van der Waals surface area contributed by atoms with Crippen LogP contribution < -0.4 is 5.32 Å². The molecule has 8 heteroatoms. The molecule has 1 aromatic rings. The Hall–Kier alpha value is -1.71. The molecular formula is C13H16IN3O4. The van der Waals surface area contributed by atoms with E-state index in [1.165, 1.54) is 23.1 Å². The number of rotatable bonds is 6. The van der Waals surface area contributed by atoms with Crippen molar-refractivity contribution < 1.29 is 14.5 Å². The summed E-state index contributed by atoms with van der Waals surface area (Å²) >= 11 is 1.88. The highest BCUT2D eigenvalue weighted by molar-refractivity contribution is 14.1. The fourth-order valence-corrected chi connectivity index (χ4v) is 2.44. The van der Waals surface area contributed by atoms with E-state index in [-0.39, 0.29) is 24.0 Å². The maximum atomic E-state index is 12.4. The molecule has 21 heavy (non-hydrogen) atoms. The van der Waals surface area contributed by atoms with Gasteiger partial charge in [0.1, 0.15) is 0 Å². The number of halogens is 1. The van der Waals surface area contributed by atoms with Crippen molar-refractivity contribution in [3.8, 4) is 0 Å². The van der Waals surface area contributed by atoms with Gasteiger partial charge in [-0.15, -0.1) is 0 Å². The van der Waals surface area contributed by atoms with Crippen LogP contribution in [0.3, 0.4) is 0 Å². The number of nitro benzene ring substituents is 1. The minimum atomic E-state index is -0.511. The molecule has 0 saturated carbocycles. The molecule has 0 aliphatic carbocycles. The lowest BCUT2D eigenvalue weighted by Crippen LogP contribution is -2.40. The third kappa shape index (κ3) is 4.66. The van der Waals surface area contributed by atoms with Gasteiger partial charge in [-0.25, -0.2) is 0 Å². The quantitative estimate of drug-likeness (QED) is 0.444. The second kappa shape index (κ2) is 7.91. The lowest BCUT2D eigenvalue weighted by molar-refractivity contribution is -0.384. The van der Waals surface area contributed by atoms with Crippen molar-refractivity contribution >= 4 is 40.1 Å².